The smallest absolute Gasteiger partial charge is 0.235 e. The van der Waals surface area contributed by atoms with E-state index >= 15 is 0 Å². The highest BCUT2D eigenvalue weighted by Crippen LogP contribution is 2.42. The summed E-state index contributed by atoms with van der Waals surface area (Å²) in [6, 6.07) is 9.27. The second-order valence-corrected chi connectivity index (χ2v) is 12.5. The first-order chi connectivity index (χ1) is 19.9. The molecular weight excluding hydrogens is 506 g/mol. The van der Waals surface area contributed by atoms with Crippen LogP contribution in [0.1, 0.15) is 70.8 Å². The van der Waals surface area contributed by atoms with Crippen LogP contribution in [-0.2, 0) is 4.79 Å². The Morgan fingerprint density at radius 1 is 1.10 bits per heavy atom. The summed E-state index contributed by atoms with van der Waals surface area (Å²) >= 11 is 0. The van der Waals surface area contributed by atoms with Crippen LogP contribution < -0.4 is 16.0 Å². The average Bonchev–Trinajstić information content (AvgIpc) is 3.82. The van der Waals surface area contributed by atoms with Gasteiger partial charge in [0.15, 0.2) is 0 Å². The number of nitrogens with two attached hydrogens (primary N) is 1. The summed E-state index contributed by atoms with van der Waals surface area (Å²) in [5.74, 6) is 2.94. The number of hydrogen-bond acceptors (Lipinski definition) is 5. The number of fused-ring (bicyclic) bond motifs is 2. The Morgan fingerprint density at radius 3 is 2.56 bits per heavy atom. The minimum absolute atomic E-state index is 0.00357. The maximum Gasteiger partial charge on any atom is 0.235 e. The summed E-state index contributed by atoms with van der Waals surface area (Å²) in [5.41, 5.74) is 12.8. The zero-order valence-corrected chi connectivity index (χ0v) is 24.9. The van der Waals surface area contributed by atoms with Crippen molar-refractivity contribution >= 4 is 17.4 Å². The van der Waals surface area contributed by atoms with Crippen LogP contribution >= 0.6 is 0 Å². The molecule has 4 heterocycles. The third-order valence-electron chi connectivity index (χ3n) is 9.72. The van der Waals surface area contributed by atoms with Crippen LogP contribution in [0.3, 0.4) is 0 Å². The lowest BCUT2D eigenvalue weighted by molar-refractivity contribution is -0.130. The zero-order chi connectivity index (χ0) is 28.5. The molecule has 3 N–H and O–H groups in total. The standard InChI is InChI=1S/C35H45N5O/c1-4-5-6-7-8-23(2)30-16-15-29-32(37-30)31-24(3)35(41)40(34(31)38-33(29)36)22-19-25-17-20-39(21-18-25)28-13-11-27(12-14-28)26-9-10-26/h4-8,11-14,16,24-26,29,32,37H,9-10,15,17-22H2,1-3H3,(H2,36,38)/b5-4+,7-6-,23-8+. The summed E-state index contributed by atoms with van der Waals surface area (Å²) in [6.45, 7) is 9.05. The molecule has 41 heavy (non-hydrogen) atoms. The second kappa shape index (κ2) is 11.8. The number of amides is 1. The Labute approximate surface area is 245 Å². The summed E-state index contributed by atoms with van der Waals surface area (Å²) in [4.78, 5) is 22.9. The maximum absolute atomic E-state index is 13.6. The summed E-state index contributed by atoms with van der Waals surface area (Å²) in [5, 5.41) is 3.75. The van der Waals surface area contributed by atoms with E-state index in [1.807, 2.05) is 37.0 Å². The molecule has 0 aromatic heterocycles. The molecule has 3 atom stereocenters. The van der Waals surface area contributed by atoms with Gasteiger partial charge in [-0.05, 0) is 94.4 Å². The number of aliphatic imine (C=N–C) groups is 1. The molecule has 1 aliphatic carbocycles. The van der Waals surface area contributed by atoms with Crippen LogP contribution in [0, 0.1) is 17.8 Å². The van der Waals surface area contributed by atoms with E-state index in [1.165, 1.54) is 29.7 Å². The van der Waals surface area contributed by atoms with Crippen molar-refractivity contribution in [1.82, 2.24) is 10.2 Å². The van der Waals surface area contributed by atoms with Gasteiger partial charge in [-0.15, -0.1) is 0 Å². The summed E-state index contributed by atoms with van der Waals surface area (Å²) < 4.78 is 0. The Kier molecular flexibility index (Phi) is 7.92. The topological polar surface area (TPSA) is 74.0 Å². The molecule has 1 saturated heterocycles. The second-order valence-electron chi connectivity index (χ2n) is 12.5. The van der Waals surface area contributed by atoms with Crippen molar-refractivity contribution in [2.24, 2.45) is 28.5 Å². The van der Waals surface area contributed by atoms with Gasteiger partial charge in [0.25, 0.3) is 0 Å². The highest BCUT2D eigenvalue weighted by atomic mass is 16.2. The Bertz CT molecular complexity index is 1330. The molecule has 6 nitrogen and oxygen atoms in total. The van der Waals surface area contributed by atoms with Gasteiger partial charge in [0.05, 0.1) is 12.0 Å². The van der Waals surface area contributed by atoms with E-state index in [0.29, 0.717) is 18.3 Å². The number of nitrogens with zero attached hydrogens (tertiary/aromatic N) is 3. The van der Waals surface area contributed by atoms with Gasteiger partial charge in [-0.1, -0.05) is 48.6 Å². The van der Waals surface area contributed by atoms with Crippen molar-refractivity contribution in [3.63, 3.8) is 0 Å². The molecule has 0 radical (unpaired) electrons. The van der Waals surface area contributed by atoms with Gasteiger partial charge in [0.1, 0.15) is 11.7 Å². The van der Waals surface area contributed by atoms with E-state index in [9.17, 15) is 4.79 Å². The minimum atomic E-state index is -0.180. The van der Waals surface area contributed by atoms with Gasteiger partial charge in [0.2, 0.25) is 5.91 Å². The first-order valence-corrected chi connectivity index (χ1v) is 15.6. The predicted molar refractivity (Wildman–Crippen MR) is 168 cm³/mol. The van der Waals surface area contributed by atoms with Crippen molar-refractivity contribution in [3.05, 3.63) is 88.9 Å². The van der Waals surface area contributed by atoms with Gasteiger partial charge < -0.3 is 16.0 Å². The van der Waals surface area contributed by atoms with E-state index in [0.717, 1.165) is 61.8 Å². The zero-order valence-electron chi connectivity index (χ0n) is 24.9. The Morgan fingerprint density at radius 2 is 1.85 bits per heavy atom. The average molecular weight is 552 g/mol. The number of carbonyl (C=O) groups excluding carboxylic acids is 1. The molecule has 0 bridgehead atoms. The monoisotopic (exact) mass is 551 g/mol. The molecule has 1 aromatic rings. The fraction of sp³-hybridized carbons (Fsp3) is 0.486. The number of piperidine rings is 1. The van der Waals surface area contributed by atoms with Gasteiger partial charge >= 0.3 is 0 Å². The van der Waals surface area contributed by atoms with Crippen molar-refractivity contribution < 1.29 is 4.79 Å². The molecule has 6 heteroatoms. The highest BCUT2D eigenvalue weighted by molar-refractivity contribution is 5.93. The number of rotatable bonds is 8. The van der Waals surface area contributed by atoms with Crippen molar-refractivity contribution in [3.8, 4) is 0 Å². The van der Waals surface area contributed by atoms with Crippen LogP contribution in [0.5, 0.6) is 0 Å². The van der Waals surface area contributed by atoms with Crippen LogP contribution in [-0.4, -0.2) is 42.3 Å². The number of benzene rings is 1. The predicted octanol–water partition coefficient (Wildman–Crippen LogP) is 6.17. The van der Waals surface area contributed by atoms with Crippen LogP contribution in [0.15, 0.2) is 88.4 Å². The fourth-order valence-corrected chi connectivity index (χ4v) is 6.97. The van der Waals surface area contributed by atoms with Crippen LogP contribution in [0.2, 0.25) is 0 Å². The van der Waals surface area contributed by atoms with Crippen LogP contribution in [0.4, 0.5) is 5.69 Å². The molecule has 216 valence electrons. The molecule has 1 saturated carbocycles. The number of amidine groups is 1. The lowest BCUT2D eigenvalue weighted by Crippen LogP contribution is -2.49. The van der Waals surface area contributed by atoms with E-state index in [1.54, 1.807) is 0 Å². The lowest BCUT2D eigenvalue weighted by atomic mass is 9.80. The number of allylic oxidation sites excluding steroid dienone is 7. The van der Waals surface area contributed by atoms with Gasteiger partial charge in [-0.25, -0.2) is 4.99 Å². The molecule has 3 unspecified atom stereocenters. The molecular formula is C35H45N5O. The summed E-state index contributed by atoms with van der Waals surface area (Å²) in [7, 11) is 0. The van der Waals surface area contributed by atoms with Crippen molar-refractivity contribution in [2.75, 3.05) is 24.5 Å². The quantitative estimate of drug-likeness (QED) is 0.379. The highest BCUT2D eigenvalue weighted by Gasteiger charge is 2.47. The lowest BCUT2D eigenvalue weighted by Gasteiger charge is -2.38. The normalized spacial score (nSPS) is 27.3. The molecule has 4 aliphatic heterocycles. The molecule has 6 rings (SSSR count). The number of nitrogens with one attached hydrogen (secondary N) is 1. The van der Waals surface area contributed by atoms with Gasteiger partial charge in [-0.3, -0.25) is 9.69 Å². The van der Waals surface area contributed by atoms with E-state index in [4.69, 9.17) is 10.7 Å². The van der Waals surface area contributed by atoms with Crippen LogP contribution in [0.25, 0.3) is 0 Å². The molecule has 5 aliphatic rings. The number of hydrogen-bond donors (Lipinski definition) is 2. The largest absolute Gasteiger partial charge is 0.387 e. The molecule has 1 amide bonds. The maximum atomic E-state index is 13.6. The first kappa shape index (κ1) is 27.6. The molecule has 2 fully saturated rings. The summed E-state index contributed by atoms with van der Waals surface area (Å²) in [6.07, 6.45) is 19.3. The third-order valence-corrected chi connectivity index (χ3v) is 9.72. The number of anilines is 1. The minimum Gasteiger partial charge on any atom is -0.387 e. The fourth-order valence-electron chi connectivity index (χ4n) is 6.97. The van der Waals surface area contributed by atoms with Gasteiger partial charge in [0, 0.05) is 42.5 Å². The van der Waals surface area contributed by atoms with Crippen molar-refractivity contribution in [2.45, 2.75) is 71.3 Å². The van der Waals surface area contributed by atoms with Gasteiger partial charge in [-0.2, -0.15) is 0 Å². The van der Waals surface area contributed by atoms with E-state index < -0.39 is 0 Å². The first-order valence-electron chi connectivity index (χ1n) is 15.6. The molecule has 0 spiro atoms. The van der Waals surface area contributed by atoms with E-state index in [-0.39, 0.29) is 23.8 Å². The Hall–Kier alpha value is -3.54. The van der Waals surface area contributed by atoms with E-state index in [2.05, 4.69) is 59.6 Å². The SMILES string of the molecule is C/C=C/C=C\C=C(/C)C1=CCC2C(N)=NC3=C(C(C)C(=O)N3CCC3CCN(c4ccc(C5CC5)cc4)CC3)C2N1. The number of carbonyl (C=O) groups is 1. The molecule has 1 aromatic carbocycles. The third kappa shape index (κ3) is 5.66. The Balaban J connectivity index is 1.09. The van der Waals surface area contributed by atoms with Crippen molar-refractivity contribution in [1.29, 1.82) is 0 Å².